The van der Waals surface area contributed by atoms with Crippen LogP contribution in [0.1, 0.15) is 23.3 Å². The van der Waals surface area contributed by atoms with Crippen molar-refractivity contribution >= 4 is 43.1 Å². The van der Waals surface area contributed by atoms with Crippen LogP contribution in [-0.4, -0.2) is 11.1 Å². The van der Waals surface area contributed by atoms with Crippen molar-refractivity contribution in [2.75, 3.05) is 5.33 Å². The number of benzene rings is 1. The summed E-state index contributed by atoms with van der Waals surface area (Å²) in [7, 11) is 0. The number of aryl methyl sites for hydroxylation is 1. The minimum Gasteiger partial charge on any atom is -0.299 e. The maximum atomic E-state index is 11.8. The van der Waals surface area contributed by atoms with Crippen LogP contribution in [0, 0.1) is 6.92 Å². The molecule has 0 aliphatic heterocycles. The Bertz CT molecular complexity index is 530. The number of Topliss-reactive ketones (excluding diaryl/α,β-unsaturated/α-hetero) is 1. The Labute approximate surface area is 114 Å². The molecule has 0 saturated carbocycles. The molecular formula is C14H15BrOS. The van der Waals surface area contributed by atoms with Gasteiger partial charge in [0.2, 0.25) is 0 Å². The average molecular weight is 311 g/mol. The summed E-state index contributed by atoms with van der Waals surface area (Å²) in [5.41, 5.74) is 1.28. The molecule has 1 aromatic heterocycles. The predicted octanol–water partition coefficient (Wildman–Crippen LogP) is 4.50. The molecule has 0 N–H and O–H groups in total. The van der Waals surface area contributed by atoms with E-state index < -0.39 is 0 Å². The van der Waals surface area contributed by atoms with E-state index in [1.807, 2.05) is 0 Å². The van der Waals surface area contributed by atoms with Crippen LogP contribution < -0.4 is 0 Å². The number of rotatable bonds is 5. The van der Waals surface area contributed by atoms with E-state index in [9.17, 15) is 4.79 Å². The molecule has 0 radical (unpaired) electrons. The number of thiophene rings is 1. The second-order valence-corrected chi connectivity index (χ2v) is 6.08. The Morgan fingerprint density at radius 2 is 2.12 bits per heavy atom. The van der Waals surface area contributed by atoms with Gasteiger partial charge >= 0.3 is 0 Å². The summed E-state index contributed by atoms with van der Waals surface area (Å²) < 4.78 is 1.29. The van der Waals surface area contributed by atoms with Crippen LogP contribution in [0.15, 0.2) is 24.3 Å². The fourth-order valence-electron chi connectivity index (χ4n) is 1.93. The molecule has 0 bridgehead atoms. The second kappa shape index (κ2) is 5.78. The van der Waals surface area contributed by atoms with Crippen LogP contribution in [-0.2, 0) is 11.2 Å². The number of hydrogen-bond donors (Lipinski definition) is 0. The number of carbonyl (C=O) groups is 1. The van der Waals surface area contributed by atoms with Crippen molar-refractivity contribution in [1.29, 1.82) is 0 Å². The normalized spacial score (nSPS) is 10.9. The minimum absolute atomic E-state index is 0.346. The van der Waals surface area contributed by atoms with Gasteiger partial charge in [0.1, 0.15) is 5.78 Å². The van der Waals surface area contributed by atoms with E-state index in [0.29, 0.717) is 18.6 Å². The largest absolute Gasteiger partial charge is 0.299 e. The SMILES string of the molecule is Cc1c(CC(=O)CCCBr)sc2ccccc12. The molecule has 3 heteroatoms. The van der Waals surface area contributed by atoms with Gasteiger partial charge in [0.05, 0.1) is 0 Å². The highest BCUT2D eigenvalue weighted by molar-refractivity contribution is 9.09. The lowest BCUT2D eigenvalue weighted by Crippen LogP contribution is -2.02. The molecule has 0 saturated heterocycles. The van der Waals surface area contributed by atoms with Crippen molar-refractivity contribution < 1.29 is 4.79 Å². The van der Waals surface area contributed by atoms with E-state index in [1.54, 1.807) is 11.3 Å². The maximum absolute atomic E-state index is 11.8. The van der Waals surface area contributed by atoms with Crippen molar-refractivity contribution in [3.05, 3.63) is 34.7 Å². The summed E-state index contributed by atoms with van der Waals surface area (Å²) in [5, 5.41) is 2.20. The first kappa shape index (κ1) is 12.8. The molecule has 0 amide bonds. The summed E-state index contributed by atoms with van der Waals surface area (Å²) in [6, 6.07) is 8.36. The van der Waals surface area contributed by atoms with Gasteiger partial charge in [0.25, 0.3) is 0 Å². The summed E-state index contributed by atoms with van der Waals surface area (Å²) in [6.07, 6.45) is 2.21. The van der Waals surface area contributed by atoms with Crippen molar-refractivity contribution in [1.82, 2.24) is 0 Å². The number of hydrogen-bond acceptors (Lipinski definition) is 2. The van der Waals surface area contributed by atoms with Crippen molar-refractivity contribution in [2.45, 2.75) is 26.2 Å². The average Bonchev–Trinajstić information content (AvgIpc) is 2.64. The third-order valence-electron chi connectivity index (χ3n) is 2.89. The zero-order valence-electron chi connectivity index (χ0n) is 9.83. The van der Waals surface area contributed by atoms with Crippen LogP contribution in [0.5, 0.6) is 0 Å². The first-order valence-corrected chi connectivity index (χ1v) is 7.71. The van der Waals surface area contributed by atoms with E-state index in [0.717, 1.165) is 11.8 Å². The Morgan fingerprint density at radius 1 is 1.35 bits per heavy atom. The fourth-order valence-corrected chi connectivity index (χ4v) is 3.44. The van der Waals surface area contributed by atoms with Gasteiger partial charge < -0.3 is 0 Å². The number of alkyl halides is 1. The molecule has 2 rings (SSSR count). The third kappa shape index (κ3) is 2.96. The number of halogens is 1. The van der Waals surface area contributed by atoms with Gasteiger partial charge in [0, 0.05) is 27.7 Å². The monoisotopic (exact) mass is 310 g/mol. The van der Waals surface area contributed by atoms with Crippen molar-refractivity contribution in [3.8, 4) is 0 Å². The molecule has 1 heterocycles. The predicted molar refractivity (Wildman–Crippen MR) is 78.3 cm³/mol. The zero-order chi connectivity index (χ0) is 12.3. The molecule has 0 atom stereocenters. The van der Waals surface area contributed by atoms with Gasteiger partial charge in [-0.1, -0.05) is 34.1 Å². The molecule has 1 aromatic carbocycles. The molecular weight excluding hydrogens is 296 g/mol. The number of fused-ring (bicyclic) bond motifs is 1. The maximum Gasteiger partial charge on any atom is 0.138 e. The molecule has 0 aliphatic rings. The topological polar surface area (TPSA) is 17.1 Å². The van der Waals surface area contributed by atoms with Crippen LogP contribution in [0.4, 0.5) is 0 Å². The van der Waals surface area contributed by atoms with E-state index >= 15 is 0 Å². The lowest BCUT2D eigenvalue weighted by atomic mass is 10.1. The molecule has 90 valence electrons. The highest BCUT2D eigenvalue weighted by atomic mass is 79.9. The number of carbonyl (C=O) groups excluding carboxylic acids is 1. The Balaban J connectivity index is 2.19. The minimum atomic E-state index is 0.346. The van der Waals surface area contributed by atoms with E-state index in [4.69, 9.17) is 0 Å². The van der Waals surface area contributed by atoms with Gasteiger partial charge in [-0.25, -0.2) is 0 Å². The van der Waals surface area contributed by atoms with E-state index in [-0.39, 0.29) is 0 Å². The molecule has 2 aromatic rings. The van der Waals surface area contributed by atoms with Gasteiger partial charge in [-0.2, -0.15) is 0 Å². The lowest BCUT2D eigenvalue weighted by molar-refractivity contribution is -0.118. The Morgan fingerprint density at radius 3 is 2.82 bits per heavy atom. The molecule has 1 nitrogen and oxygen atoms in total. The van der Waals surface area contributed by atoms with Crippen LogP contribution in [0.3, 0.4) is 0 Å². The van der Waals surface area contributed by atoms with Gasteiger partial charge in [-0.3, -0.25) is 4.79 Å². The third-order valence-corrected chi connectivity index (χ3v) is 4.72. The Hall–Kier alpha value is -0.670. The standard InChI is InChI=1S/C14H15BrOS/c1-10-12-6-2-3-7-13(12)17-14(10)9-11(16)5-4-8-15/h2-3,6-7H,4-5,8-9H2,1H3. The van der Waals surface area contributed by atoms with Gasteiger partial charge in [0.15, 0.2) is 0 Å². The van der Waals surface area contributed by atoms with E-state index in [1.165, 1.54) is 20.5 Å². The summed E-state index contributed by atoms with van der Waals surface area (Å²) in [6.45, 7) is 2.12. The van der Waals surface area contributed by atoms with Gasteiger partial charge in [-0.15, -0.1) is 11.3 Å². The van der Waals surface area contributed by atoms with Crippen LogP contribution >= 0.6 is 27.3 Å². The van der Waals surface area contributed by atoms with Gasteiger partial charge in [-0.05, 0) is 30.4 Å². The molecule has 17 heavy (non-hydrogen) atoms. The first-order valence-electron chi connectivity index (χ1n) is 5.77. The van der Waals surface area contributed by atoms with Crippen LogP contribution in [0.2, 0.25) is 0 Å². The highest BCUT2D eigenvalue weighted by Gasteiger charge is 2.11. The van der Waals surface area contributed by atoms with Crippen molar-refractivity contribution in [3.63, 3.8) is 0 Å². The molecule has 0 unspecified atom stereocenters. The summed E-state index contributed by atoms with van der Waals surface area (Å²) >= 11 is 5.11. The molecule has 0 spiro atoms. The van der Waals surface area contributed by atoms with Crippen molar-refractivity contribution in [2.24, 2.45) is 0 Å². The highest BCUT2D eigenvalue weighted by Crippen LogP contribution is 2.31. The molecule has 0 fully saturated rings. The quantitative estimate of drug-likeness (QED) is 0.743. The van der Waals surface area contributed by atoms with E-state index in [2.05, 4.69) is 47.1 Å². The summed E-state index contributed by atoms with van der Waals surface area (Å²) in [5.74, 6) is 0.346. The lowest BCUT2D eigenvalue weighted by Gasteiger charge is -1.98. The zero-order valence-corrected chi connectivity index (χ0v) is 12.2. The summed E-state index contributed by atoms with van der Waals surface area (Å²) in [4.78, 5) is 13.0. The molecule has 0 aliphatic carbocycles. The smallest absolute Gasteiger partial charge is 0.138 e. The number of ketones is 1. The first-order chi connectivity index (χ1) is 8.22. The fraction of sp³-hybridized carbons (Fsp3) is 0.357. The second-order valence-electron chi connectivity index (χ2n) is 4.15. The Kier molecular flexibility index (Phi) is 4.35. The van der Waals surface area contributed by atoms with Crippen LogP contribution in [0.25, 0.3) is 10.1 Å².